The third kappa shape index (κ3) is 2.84. The van der Waals surface area contributed by atoms with Gasteiger partial charge in [-0.25, -0.2) is 0 Å². The minimum Gasteiger partial charge on any atom is -0.390 e. The SMILES string of the molecule is O=C(NC12CCC(O)(CC1)CC2)c1cccc(C(F)(F)F)c1. The molecule has 22 heavy (non-hydrogen) atoms. The molecule has 3 aliphatic rings. The smallest absolute Gasteiger partial charge is 0.390 e. The van der Waals surface area contributed by atoms with E-state index in [9.17, 15) is 23.1 Å². The molecule has 0 spiro atoms. The fourth-order valence-corrected chi connectivity index (χ4v) is 3.50. The molecule has 1 aromatic rings. The maximum atomic E-state index is 12.7. The van der Waals surface area contributed by atoms with E-state index in [1.165, 1.54) is 12.1 Å². The van der Waals surface area contributed by atoms with Crippen molar-refractivity contribution in [2.24, 2.45) is 0 Å². The van der Waals surface area contributed by atoms with Crippen molar-refractivity contribution in [1.82, 2.24) is 5.32 Å². The fourth-order valence-electron chi connectivity index (χ4n) is 3.50. The molecule has 4 rings (SSSR count). The molecule has 3 saturated carbocycles. The van der Waals surface area contributed by atoms with Crippen molar-refractivity contribution in [1.29, 1.82) is 0 Å². The van der Waals surface area contributed by atoms with E-state index in [-0.39, 0.29) is 11.1 Å². The highest BCUT2D eigenvalue weighted by atomic mass is 19.4. The highest BCUT2D eigenvalue weighted by Crippen LogP contribution is 2.46. The van der Waals surface area contributed by atoms with Crippen LogP contribution < -0.4 is 5.32 Å². The molecule has 0 radical (unpaired) electrons. The molecular formula is C16H18F3NO2. The van der Waals surface area contributed by atoms with Gasteiger partial charge in [0.15, 0.2) is 0 Å². The molecule has 3 nitrogen and oxygen atoms in total. The molecule has 6 heteroatoms. The molecule has 3 aliphatic carbocycles. The van der Waals surface area contributed by atoms with Crippen molar-refractivity contribution in [3.63, 3.8) is 0 Å². The van der Waals surface area contributed by atoms with E-state index in [1.807, 2.05) is 0 Å². The van der Waals surface area contributed by atoms with Gasteiger partial charge in [0.25, 0.3) is 5.91 Å². The molecule has 0 heterocycles. The van der Waals surface area contributed by atoms with E-state index in [4.69, 9.17) is 0 Å². The van der Waals surface area contributed by atoms with E-state index in [1.54, 1.807) is 0 Å². The Hall–Kier alpha value is -1.56. The average molecular weight is 313 g/mol. The van der Waals surface area contributed by atoms with Crippen molar-refractivity contribution < 1.29 is 23.1 Å². The van der Waals surface area contributed by atoms with Crippen molar-refractivity contribution >= 4 is 5.91 Å². The van der Waals surface area contributed by atoms with E-state index >= 15 is 0 Å². The Morgan fingerprint density at radius 1 is 1.09 bits per heavy atom. The van der Waals surface area contributed by atoms with Gasteiger partial charge in [0, 0.05) is 11.1 Å². The molecule has 0 aromatic heterocycles. The maximum absolute atomic E-state index is 12.7. The van der Waals surface area contributed by atoms with E-state index in [0.29, 0.717) is 38.5 Å². The summed E-state index contributed by atoms with van der Waals surface area (Å²) in [5.41, 5.74) is -1.78. The second-order valence-electron chi connectivity index (χ2n) is 6.54. The second kappa shape index (κ2) is 4.98. The Balaban J connectivity index is 1.75. The number of alkyl halides is 3. The minimum atomic E-state index is -4.46. The van der Waals surface area contributed by atoms with Crippen LogP contribution >= 0.6 is 0 Å². The molecule has 0 aliphatic heterocycles. The zero-order valence-corrected chi connectivity index (χ0v) is 12.0. The third-order valence-corrected chi connectivity index (χ3v) is 5.04. The summed E-state index contributed by atoms with van der Waals surface area (Å²) in [6, 6.07) is 4.48. The Morgan fingerprint density at radius 2 is 1.68 bits per heavy atom. The van der Waals surface area contributed by atoms with Gasteiger partial charge in [-0.05, 0) is 56.7 Å². The van der Waals surface area contributed by atoms with Gasteiger partial charge in [-0.2, -0.15) is 13.2 Å². The topological polar surface area (TPSA) is 49.3 Å². The quantitative estimate of drug-likeness (QED) is 0.880. The van der Waals surface area contributed by atoms with E-state index < -0.39 is 23.2 Å². The van der Waals surface area contributed by atoms with Crippen LogP contribution in [0.3, 0.4) is 0 Å². The van der Waals surface area contributed by atoms with Crippen molar-refractivity contribution in [3.8, 4) is 0 Å². The van der Waals surface area contributed by atoms with Crippen LogP contribution in [0.1, 0.15) is 54.4 Å². The number of carbonyl (C=O) groups is 1. The Kier molecular flexibility index (Phi) is 3.47. The van der Waals surface area contributed by atoms with Crippen LogP contribution in [0, 0.1) is 0 Å². The molecule has 2 bridgehead atoms. The van der Waals surface area contributed by atoms with Gasteiger partial charge >= 0.3 is 6.18 Å². The van der Waals surface area contributed by atoms with Crippen LogP contribution in [0.25, 0.3) is 0 Å². The maximum Gasteiger partial charge on any atom is 0.416 e. The van der Waals surface area contributed by atoms with Gasteiger partial charge in [-0.15, -0.1) is 0 Å². The molecule has 3 fully saturated rings. The van der Waals surface area contributed by atoms with Crippen LogP contribution in [0.5, 0.6) is 0 Å². The Labute approximate surface area is 126 Å². The number of halogens is 3. The lowest BCUT2D eigenvalue weighted by Crippen LogP contribution is -2.58. The van der Waals surface area contributed by atoms with Gasteiger partial charge in [-0.1, -0.05) is 6.07 Å². The summed E-state index contributed by atoms with van der Waals surface area (Å²) in [4.78, 5) is 12.3. The zero-order valence-electron chi connectivity index (χ0n) is 12.0. The predicted octanol–water partition coefficient (Wildman–Crippen LogP) is 3.27. The number of rotatable bonds is 2. The number of fused-ring (bicyclic) bond motifs is 3. The average Bonchev–Trinajstić information content (AvgIpc) is 2.48. The number of benzene rings is 1. The Morgan fingerprint density at radius 3 is 2.23 bits per heavy atom. The number of hydrogen-bond donors (Lipinski definition) is 2. The lowest BCUT2D eigenvalue weighted by atomic mass is 9.63. The first-order valence-electron chi connectivity index (χ1n) is 7.44. The standard InChI is InChI=1S/C16H18F3NO2/c17-16(18,19)12-3-1-2-11(10-12)13(21)20-14-4-7-15(22,8-5-14)9-6-14/h1-3,10,22H,4-9H2,(H,20,21). The first kappa shape index (κ1) is 15.3. The van der Waals surface area contributed by atoms with E-state index in [0.717, 1.165) is 12.1 Å². The number of carbonyl (C=O) groups excluding carboxylic acids is 1. The first-order valence-corrected chi connectivity index (χ1v) is 7.44. The van der Waals surface area contributed by atoms with Gasteiger partial charge in [0.05, 0.1) is 11.2 Å². The monoisotopic (exact) mass is 313 g/mol. The molecule has 1 amide bonds. The molecule has 0 atom stereocenters. The molecule has 120 valence electrons. The molecular weight excluding hydrogens is 295 g/mol. The number of amides is 1. The van der Waals surface area contributed by atoms with E-state index in [2.05, 4.69) is 5.32 Å². The van der Waals surface area contributed by atoms with Crippen LogP contribution in [0.4, 0.5) is 13.2 Å². The normalized spacial score (nSPS) is 31.1. The zero-order chi connectivity index (χ0) is 16.0. The highest BCUT2D eigenvalue weighted by molar-refractivity contribution is 5.95. The Bertz CT molecular complexity index is 573. The van der Waals surface area contributed by atoms with Crippen LogP contribution in [0.2, 0.25) is 0 Å². The van der Waals surface area contributed by atoms with Crippen LogP contribution in [-0.2, 0) is 6.18 Å². The lowest BCUT2D eigenvalue weighted by molar-refractivity contribution is -0.137. The summed E-state index contributed by atoms with van der Waals surface area (Å²) in [6.07, 6.45) is -0.529. The predicted molar refractivity (Wildman–Crippen MR) is 74.3 cm³/mol. The number of nitrogens with one attached hydrogen (secondary N) is 1. The molecule has 0 saturated heterocycles. The number of aliphatic hydroxyl groups is 1. The van der Waals surface area contributed by atoms with Crippen molar-refractivity contribution in [2.75, 3.05) is 0 Å². The summed E-state index contributed by atoms with van der Waals surface area (Å²) in [7, 11) is 0. The van der Waals surface area contributed by atoms with Gasteiger partial charge in [0.1, 0.15) is 0 Å². The van der Waals surface area contributed by atoms with Crippen LogP contribution in [0.15, 0.2) is 24.3 Å². The van der Waals surface area contributed by atoms with Gasteiger partial charge in [-0.3, -0.25) is 4.79 Å². The highest BCUT2D eigenvalue weighted by Gasteiger charge is 2.48. The second-order valence-corrected chi connectivity index (χ2v) is 6.54. The largest absolute Gasteiger partial charge is 0.416 e. The lowest BCUT2D eigenvalue weighted by Gasteiger charge is -2.51. The molecule has 2 N–H and O–H groups in total. The van der Waals surface area contributed by atoms with Crippen molar-refractivity contribution in [3.05, 3.63) is 35.4 Å². The molecule has 0 unspecified atom stereocenters. The number of hydrogen-bond acceptors (Lipinski definition) is 2. The molecule has 1 aromatic carbocycles. The van der Waals surface area contributed by atoms with Crippen LogP contribution in [-0.4, -0.2) is 22.2 Å². The minimum absolute atomic E-state index is 0.0237. The summed E-state index contributed by atoms with van der Waals surface area (Å²) < 4.78 is 38.2. The summed E-state index contributed by atoms with van der Waals surface area (Å²) in [5.74, 6) is -0.474. The third-order valence-electron chi connectivity index (χ3n) is 5.04. The first-order chi connectivity index (χ1) is 10.2. The summed E-state index contributed by atoms with van der Waals surface area (Å²) >= 11 is 0. The van der Waals surface area contributed by atoms with Gasteiger partial charge in [0.2, 0.25) is 0 Å². The summed E-state index contributed by atoms with van der Waals surface area (Å²) in [5, 5.41) is 13.1. The van der Waals surface area contributed by atoms with Crippen molar-refractivity contribution in [2.45, 2.75) is 55.8 Å². The van der Waals surface area contributed by atoms with Gasteiger partial charge < -0.3 is 10.4 Å². The summed E-state index contributed by atoms with van der Waals surface area (Å²) in [6.45, 7) is 0. The fraction of sp³-hybridized carbons (Fsp3) is 0.562.